The van der Waals surface area contributed by atoms with E-state index in [4.69, 9.17) is 5.73 Å². The number of aromatic nitrogens is 1. The van der Waals surface area contributed by atoms with Crippen LogP contribution >= 0.6 is 0 Å². The molecular weight excluding hydrogens is 234 g/mol. The molecule has 0 aliphatic heterocycles. The van der Waals surface area contributed by atoms with Gasteiger partial charge in [0.2, 0.25) is 0 Å². The molecule has 2 rings (SSSR count). The summed E-state index contributed by atoms with van der Waals surface area (Å²) in [5, 5.41) is 0. The van der Waals surface area contributed by atoms with Crippen molar-refractivity contribution in [3.05, 3.63) is 30.1 Å². The van der Waals surface area contributed by atoms with Gasteiger partial charge in [-0.15, -0.1) is 0 Å². The van der Waals surface area contributed by atoms with Crippen LogP contribution in [0.15, 0.2) is 24.4 Å². The Kier molecular flexibility index (Phi) is 5.80. The summed E-state index contributed by atoms with van der Waals surface area (Å²) in [7, 11) is 0. The fourth-order valence-corrected chi connectivity index (χ4v) is 3.04. The smallest absolute Gasteiger partial charge is 0.0543 e. The number of nitrogens with two attached hydrogens (primary N) is 1. The Bertz CT molecular complexity index is 346. The monoisotopic (exact) mass is 261 g/mol. The van der Waals surface area contributed by atoms with Crippen LogP contribution in [0, 0.1) is 5.92 Å². The van der Waals surface area contributed by atoms with Crippen molar-refractivity contribution >= 4 is 0 Å². The summed E-state index contributed by atoms with van der Waals surface area (Å²) in [6, 6.07) is 6.43. The van der Waals surface area contributed by atoms with Crippen molar-refractivity contribution in [2.24, 2.45) is 11.7 Å². The van der Waals surface area contributed by atoms with Crippen molar-refractivity contribution in [2.45, 2.75) is 51.6 Å². The lowest BCUT2D eigenvalue weighted by molar-refractivity contribution is 0.206. The Morgan fingerprint density at radius 1 is 1.32 bits per heavy atom. The Balaban J connectivity index is 1.84. The molecule has 0 bridgehead atoms. The minimum absolute atomic E-state index is 0.323. The van der Waals surface area contributed by atoms with Gasteiger partial charge in [0.15, 0.2) is 0 Å². The second-order valence-corrected chi connectivity index (χ2v) is 5.71. The maximum atomic E-state index is 6.42. The molecule has 3 heteroatoms. The zero-order valence-corrected chi connectivity index (χ0v) is 12.1. The van der Waals surface area contributed by atoms with Crippen LogP contribution in [0.2, 0.25) is 0 Å². The van der Waals surface area contributed by atoms with E-state index < -0.39 is 0 Å². The van der Waals surface area contributed by atoms with Crippen LogP contribution in [0.4, 0.5) is 0 Å². The van der Waals surface area contributed by atoms with Gasteiger partial charge < -0.3 is 5.73 Å². The third-order valence-electron chi connectivity index (χ3n) is 4.28. The van der Waals surface area contributed by atoms with Crippen LogP contribution in [0.25, 0.3) is 0 Å². The van der Waals surface area contributed by atoms with E-state index in [-0.39, 0.29) is 0 Å². The lowest BCUT2D eigenvalue weighted by Crippen LogP contribution is -2.42. The number of nitrogens with zero attached hydrogens (tertiary/aromatic N) is 2. The molecule has 19 heavy (non-hydrogen) atoms. The van der Waals surface area contributed by atoms with Crippen LogP contribution < -0.4 is 5.73 Å². The molecule has 0 amide bonds. The van der Waals surface area contributed by atoms with Crippen molar-refractivity contribution in [3.8, 4) is 0 Å². The van der Waals surface area contributed by atoms with Gasteiger partial charge in [-0.25, -0.2) is 0 Å². The summed E-state index contributed by atoms with van der Waals surface area (Å²) < 4.78 is 0. The zero-order valence-electron chi connectivity index (χ0n) is 12.1. The van der Waals surface area contributed by atoms with Gasteiger partial charge >= 0.3 is 0 Å². The van der Waals surface area contributed by atoms with Gasteiger partial charge in [-0.1, -0.05) is 32.3 Å². The molecule has 1 atom stereocenters. The predicted octanol–water partition coefficient (Wildman–Crippen LogP) is 2.81. The first-order chi connectivity index (χ1) is 9.29. The molecule has 1 aromatic rings. The molecule has 3 nitrogen and oxygen atoms in total. The van der Waals surface area contributed by atoms with E-state index in [1.54, 1.807) is 0 Å². The van der Waals surface area contributed by atoms with E-state index in [9.17, 15) is 0 Å². The van der Waals surface area contributed by atoms with Gasteiger partial charge in [0, 0.05) is 25.3 Å². The predicted molar refractivity (Wildman–Crippen MR) is 79.7 cm³/mol. The molecule has 0 aromatic carbocycles. The first kappa shape index (κ1) is 14.5. The third kappa shape index (κ3) is 4.59. The first-order valence-electron chi connectivity index (χ1n) is 7.67. The van der Waals surface area contributed by atoms with Gasteiger partial charge in [0.05, 0.1) is 5.69 Å². The summed E-state index contributed by atoms with van der Waals surface area (Å²) in [5.74, 6) is 0.728. The van der Waals surface area contributed by atoms with Gasteiger partial charge in [-0.2, -0.15) is 0 Å². The van der Waals surface area contributed by atoms with Crippen molar-refractivity contribution in [2.75, 3.05) is 13.1 Å². The minimum atomic E-state index is 0.323. The van der Waals surface area contributed by atoms with E-state index in [1.165, 1.54) is 32.1 Å². The zero-order chi connectivity index (χ0) is 13.5. The van der Waals surface area contributed by atoms with E-state index in [0.29, 0.717) is 6.04 Å². The quantitative estimate of drug-likeness (QED) is 0.856. The number of rotatable bonds is 6. The van der Waals surface area contributed by atoms with Gasteiger partial charge in [0.25, 0.3) is 0 Å². The van der Waals surface area contributed by atoms with Gasteiger partial charge in [0.1, 0.15) is 0 Å². The van der Waals surface area contributed by atoms with Crippen molar-refractivity contribution in [1.29, 1.82) is 0 Å². The fourth-order valence-electron chi connectivity index (χ4n) is 3.04. The summed E-state index contributed by atoms with van der Waals surface area (Å²) in [6.45, 7) is 5.16. The van der Waals surface area contributed by atoms with Crippen LogP contribution in [0.5, 0.6) is 0 Å². The van der Waals surface area contributed by atoms with Crippen molar-refractivity contribution < 1.29 is 0 Å². The maximum Gasteiger partial charge on any atom is 0.0543 e. The highest BCUT2D eigenvalue weighted by atomic mass is 15.1. The maximum absolute atomic E-state index is 6.42. The molecule has 1 heterocycles. The van der Waals surface area contributed by atoms with E-state index in [2.05, 4.69) is 28.9 Å². The average Bonchev–Trinajstić information content (AvgIpc) is 2.48. The van der Waals surface area contributed by atoms with Gasteiger partial charge in [-0.05, 0) is 37.4 Å². The van der Waals surface area contributed by atoms with Crippen LogP contribution in [-0.4, -0.2) is 29.0 Å². The molecular formula is C16H27N3. The molecule has 0 spiro atoms. The molecule has 106 valence electrons. The Morgan fingerprint density at radius 3 is 2.74 bits per heavy atom. The Labute approximate surface area is 117 Å². The SMILES string of the molecule is CCN(Cc1ccccn1)CC(N)C1CCCCC1. The molecule has 1 aliphatic carbocycles. The highest BCUT2D eigenvalue weighted by Crippen LogP contribution is 2.26. The molecule has 0 saturated heterocycles. The standard InChI is InChI=1S/C16H27N3/c1-2-19(12-15-10-6-7-11-18-15)13-16(17)14-8-4-3-5-9-14/h6-7,10-11,14,16H,2-5,8-9,12-13,17H2,1H3. The lowest BCUT2D eigenvalue weighted by atomic mass is 9.84. The summed E-state index contributed by atoms with van der Waals surface area (Å²) in [4.78, 5) is 6.82. The second-order valence-electron chi connectivity index (χ2n) is 5.71. The highest BCUT2D eigenvalue weighted by molar-refractivity contribution is 5.03. The minimum Gasteiger partial charge on any atom is -0.326 e. The summed E-state index contributed by atoms with van der Waals surface area (Å²) in [6.07, 6.45) is 8.64. The first-order valence-corrected chi connectivity index (χ1v) is 7.67. The molecule has 1 fully saturated rings. The van der Waals surface area contributed by atoms with Crippen LogP contribution in [0.1, 0.15) is 44.7 Å². The topological polar surface area (TPSA) is 42.2 Å². The summed E-state index contributed by atoms with van der Waals surface area (Å²) in [5.41, 5.74) is 7.56. The van der Waals surface area contributed by atoms with E-state index >= 15 is 0 Å². The van der Waals surface area contributed by atoms with Crippen LogP contribution in [0.3, 0.4) is 0 Å². The average molecular weight is 261 g/mol. The molecule has 1 aromatic heterocycles. The molecule has 2 N–H and O–H groups in total. The number of hydrogen-bond acceptors (Lipinski definition) is 3. The third-order valence-corrected chi connectivity index (χ3v) is 4.28. The number of hydrogen-bond donors (Lipinski definition) is 1. The van der Waals surface area contributed by atoms with E-state index in [1.807, 2.05) is 12.3 Å². The van der Waals surface area contributed by atoms with E-state index in [0.717, 1.165) is 31.2 Å². The Morgan fingerprint density at radius 2 is 2.11 bits per heavy atom. The largest absolute Gasteiger partial charge is 0.326 e. The lowest BCUT2D eigenvalue weighted by Gasteiger charge is -2.31. The molecule has 0 radical (unpaired) electrons. The number of pyridine rings is 1. The van der Waals surface area contributed by atoms with Crippen molar-refractivity contribution in [1.82, 2.24) is 9.88 Å². The molecule has 1 unspecified atom stereocenters. The molecule has 1 saturated carbocycles. The van der Waals surface area contributed by atoms with Crippen molar-refractivity contribution in [3.63, 3.8) is 0 Å². The number of likely N-dealkylation sites (N-methyl/N-ethyl adjacent to an activating group) is 1. The van der Waals surface area contributed by atoms with Crippen LogP contribution in [-0.2, 0) is 6.54 Å². The highest BCUT2D eigenvalue weighted by Gasteiger charge is 2.22. The normalized spacial score (nSPS) is 18.7. The second kappa shape index (κ2) is 7.61. The molecule has 1 aliphatic rings. The Hall–Kier alpha value is -0.930. The summed E-state index contributed by atoms with van der Waals surface area (Å²) >= 11 is 0. The fraction of sp³-hybridized carbons (Fsp3) is 0.688. The van der Waals surface area contributed by atoms with Gasteiger partial charge in [-0.3, -0.25) is 9.88 Å².